The van der Waals surface area contributed by atoms with Gasteiger partial charge in [0.15, 0.2) is 10.4 Å². The maximum Gasteiger partial charge on any atom is 0.184 e. The van der Waals surface area contributed by atoms with Crippen LogP contribution >= 0.6 is 44.1 Å². The number of pyridine rings is 1. The molecule has 0 saturated heterocycles. The number of nitrogens with zero attached hydrogens (tertiary/aromatic N) is 2. The number of methoxy groups -OCH3 is 1. The Kier molecular flexibility index (Phi) is 3.66. The summed E-state index contributed by atoms with van der Waals surface area (Å²) in [4.78, 5) is 7.57. The van der Waals surface area contributed by atoms with Gasteiger partial charge in [0.05, 0.1) is 22.8 Å². The summed E-state index contributed by atoms with van der Waals surface area (Å²) in [7, 11) is 1.63. The lowest BCUT2D eigenvalue weighted by atomic mass is 10.3. The Hall–Kier alpha value is -1.18. The average Bonchev–Trinajstić information content (AvgIpc) is 2.74. The molecule has 3 rings (SSSR count). The number of rotatable bonds is 2. The number of fused-ring (bicyclic) bond motifs is 1. The highest BCUT2D eigenvalue weighted by Gasteiger charge is 2.10. The molecule has 0 spiro atoms. The fourth-order valence-electron chi connectivity index (χ4n) is 2.00. The second-order valence-corrected chi connectivity index (χ2v) is 6.27. The molecule has 0 aliphatic carbocycles. The molecule has 0 unspecified atom stereocenters. The van der Waals surface area contributed by atoms with E-state index in [1.165, 1.54) is 0 Å². The van der Waals surface area contributed by atoms with Crippen molar-refractivity contribution in [2.24, 2.45) is 0 Å². The number of hydrogen-bond donors (Lipinski definition) is 1. The molecule has 1 N–H and O–H groups in total. The SMILES string of the molecule is COc1cc(-n2c(=S)[nH]c3cc(Br)cnc32)ccc1Br. The molecule has 2 heterocycles. The monoisotopic (exact) mass is 413 g/mol. The van der Waals surface area contributed by atoms with E-state index in [9.17, 15) is 0 Å². The molecule has 4 nitrogen and oxygen atoms in total. The standard InChI is InChI=1S/C13H9Br2N3OS/c1-19-11-5-8(2-3-9(11)15)18-12-10(17-13(18)20)4-7(14)6-16-12/h2-6H,1H3,(H,17,20). The number of nitrogens with one attached hydrogen (secondary N) is 1. The summed E-state index contributed by atoms with van der Waals surface area (Å²) in [5.74, 6) is 0.746. The maximum atomic E-state index is 5.39. The van der Waals surface area contributed by atoms with Gasteiger partial charge in [0, 0.05) is 16.7 Å². The number of benzene rings is 1. The molecule has 0 amide bonds. The second kappa shape index (κ2) is 5.31. The fraction of sp³-hybridized carbons (Fsp3) is 0.0769. The van der Waals surface area contributed by atoms with Crippen LogP contribution in [0.5, 0.6) is 5.75 Å². The van der Waals surface area contributed by atoms with Crippen LogP contribution in [0.1, 0.15) is 0 Å². The van der Waals surface area contributed by atoms with Crippen molar-refractivity contribution in [1.82, 2.24) is 14.5 Å². The molecule has 0 fully saturated rings. The Balaban J connectivity index is 2.29. The number of imidazole rings is 1. The van der Waals surface area contributed by atoms with Gasteiger partial charge < -0.3 is 9.72 Å². The summed E-state index contributed by atoms with van der Waals surface area (Å²) in [6.07, 6.45) is 1.75. The number of H-pyrrole nitrogens is 1. The first-order valence-electron chi connectivity index (χ1n) is 5.70. The van der Waals surface area contributed by atoms with Crippen molar-refractivity contribution in [2.45, 2.75) is 0 Å². The van der Waals surface area contributed by atoms with Gasteiger partial charge in [0.25, 0.3) is 0 Å². The van der Waals surface area contributed by atoms with Crippen molar-refractivity contribution < 1.29 is 4.74 Å². The number of aromatic amines is 1. The highest BCUT2D eigenvalue weighted by atomic mass is 79.9. The van der Waals surface area contributed by atoms with Gasteiger partial charge in [0.2, 0.25) is 0 Å². The molecule has 0 radical (unpaired) electrons. The van der Waals surface area contributed by atoms with Crippen molar-refractivity contribution in [3.05, 3.63) is 44.2 Å². The van der Waals surface area contributed by atoms with Crippen molar-refractivity contribution in [3.8, 4) is 11.4 Å². The molecule has 1 aromatic carbocycles. The molecule has 0 aliphatic heterocycles. The van der Waals surface area contributed by atoms with E-state index in [0.717, 1.165) is 31.5 Å². The van der Waals surface area contributed by atoms with E-state index in [1.807, 2.05) is 28.8 Å². The van der Waals surface area contributed by atoms with Crippen LogP contribution in [0, 0.1) is 4.77 Å². The fourth-order valence-corrected chi connectivity index (χ4v) is 3.04. The van der Waals surface area contributed by atoms with E-state index in [1.54, 1.807) is 13.3 Å². The summed E-state index contributed by atoms with van der Waals surface area (Å²) >= 11 is 12.2. The van der Waals surface area contributed by atoms with Crippen molar-refractivity contribution in [1.29, 1.82) is 0 Å². The predicted molar refractivity (Wildman–Crippen MR) is 88.2 cm³/mol. The third-order valence-corrected chi connectivity index (χ3v) is 4.26. The summed E-state index contributed by atoms with van der Waals surface area (Å²) in [5, 5.41) is 0. The number of ether oxygens (including phenoxy) is 1. The maximum absolute atomic E-state index is 5.39. The molecule has 20 heavy (non-hydrogen) atoms. The van der Waals surface area contributed by atoms with Crippen molar-refractivity contribution in [2.75, 3.05) is 7.11 Å². The predicted octanol–water partition coefficient (Wildman–Crippen LogP) is 4.62. The van der Waals surface area contributed by atoms with Gasteiger partial charge in [-0.05, 0) is 62.3 Å². The van der Waals surface area contributed by atoms with Crippen LogP contribution in [0.4, 0.5) is 0 Å². The Morgan fingerprint density at radius 3 is 2.85 bits per heavy atom. The van der Waals surface area contributed by atoms with Gasteiger partial charge in [-0.3, -0.25) is 4.57 Å². The van der Waals surface area contributed by atoms with E-state index in [4.69, 9.17) is 17.0 Å². The van der Waals surface area contributed by atoms with E-state index in [0.29, 0.717) is 4.77 Å². The molecular weight excluding hydrogens is 406 g/mol. The number of hydrogen-bond acceptors (Lipinski definition) is 3. The zero-order valence-electron chi connectivity index (χ0n) is 10.4. The second-order valence-electron chi connectivity index (χ2n) is 4.11. The summed E-state index contributed by atoms with van der Waals surface area (Å²) in [5.41, 5.74) is 2.56. The van der Waals surface area contributed by atoms with Crippen LogP contribution in [0.2, 0.25) is 0 Å². The van der Waals surface area contributed by atoms with Crippen LogP contribution in [-0.2, 0) is 0 Å². The average molecular weight is 415 g/mol. The van der Waals surface area contributed by atoms with E-state index < -0.39 is 0 Å². The summed E-state index contributed by atoms with van der Waals surface area (Å²) in [6.45, 7) is 0. The first-order chi connectivity index (χ1) is 9.60. The van der Waals surface area contributed by atoms with Crippen molar-refractivity contribution >= 4 is 55.2 Å². The van der Waals surface area contributed by atoms with Gasteiger partial charge in [-0.1, -0.05) is 0 Å². The smallest absolute Gasteiger partial charge is 0.184 e. The lowest BCUT2D eigenvalue weighted by molar-refractivity contribution is 0.412. The molecule has 2 aromatic heterocycles. The minimum atomic E-state index is 0.593. The van der Waals surface area contributed by atoms with Crippen molar-refractivity contribution in [3.63, 3.8) is 0 Å². The Labute approximate surface area is 137 Å². The molecule has 3 aromatic rings. The largest absolute Gasteiger partial charge is 0.495 e. The van der Waals surface area contributed by atoms with Gasteiger partial charge in [-0.15, -0.1) is 0 Å². The minimum absolute atomic E-state index is 0.593. The molecule has 7 heteroatoms. The van der Waals surface area contributed by atoms with Gasteiger partial charge in [0.1, 0.15) is 5.75 Å². The van der Waals surface area contributed by atoms with E-state index in [-0.39, 0.29) is 0 Å². The molecule has 0 aliphatic rings. The van der Waals surface area contributed by atoms with Crippen LogP contribution in [0.3, 0.4) is 0 Å². The van der Waals surface area contributed by atoms with Gasteiger partial charge >= 0.3 is 0 Å². The third-order valence-electron chi connectivity index (χ3n) is 2.88. The van der Waals surface area contributed by atoms with Gasteiger partial charge in [-0.2, -0.15) is 0 Å². The topological polar surface area (TPSA) is 42.8 Å². The first kappa shape index (κ1) is 13.8. The Morgan fingerprint density at radius 2 is 2.10 bits per heavy atom. The Bertz CT molecular complexity index is 856. The summed E-state index contributed by atoms with van der Waals surface area (Å²) in [6, 6.07) is 7.74. The van der Waals surface area contributed by atoms with Crippen LogP contribution in [-0.4, -0.2) is 21.6 Å². The first-order valence-corrected chi connectivity index (χ1v) is 7.70. The summed E-state index contributed by atoms with van der Waals surface area (Å²) < 4.78 is 9.59. The van der Waals surface area contributed by atoms with E-state index in [2.05, 4.69) is 41.8 Å². The number of halogens is 2. The molecule has 0 atom stereocenters. The minimum Gasteiger partial charge on any atom is -0.495 e. The molecular formula is C13H9Br2N3OS. The van der Waals surface area contributed by atoms with Crippen LogP contribution in [0.25, 0.3) is 16.9 Å². The normalized spacial score (nSPS) is 10.9. The van der Waals surface area contributed by atoms with Crippen LogP contribution in [0.15, 0.2) is 39.4 Å². The molecule has 0 saturated carbocycles. The van der Waals surface area contributed by atoms with Crippen LogP contribution < -0.4 is 4.74 Å². The molecule has 0 bridgehead atoms. The quantitative estimate of drug-likeness (QED) is 0.622. The Morgan fingerprint density at radius 1 is 1.30 bits per heavy atom. The highest BCUT2D eigenvalue weighted by molar-refractivity contribution is 9.10. The molecule has 102 valence electrons. The number of aromatic nitrogens is 3. The lowest BCUT2D eigenvalue weighted by Gasteiger charge is -2.08. The van der Waals surface area contributed by atoms with E-state index >= 15 is 0 Å². The lowest BCUT2D eigenvalue weighted by Crippen LogP contribution is -1.96. The zero-order chi connectivity index (χ0) is 14.3. The van der Waals surface area contributed by atoms with Gasteiger partial charge in [-0.25, -0.2) is 4.98 Å². The highest BCUT2D eigenvalue weighted by Crippen LogP contribution is 2.29. The zero-order valence-corrected chi connectivity index (χ0v) is 14.3. The third kappa shape index (κ3) is 2.30.